The fraction of sp³-hybridized carbons (Fsp3) is 0.667. The zero-order chi connectivity index (χ0) is 61.8. The fourth-order valence-electron chi connectivity index (χ4n) is 11.9. The Morgan fingerprint density at radius 2 is 1.45 bits per heavy atom. The van der Waals surface area contributed by atoms with Crippen molar-refractivity contribution in [1.82, 2.24) is 46.8 Å². The second kappa shape index (κ2) is 33.8. The van der Waals surface area contributed by atoms with E-state index < -0.39 is 140 Å². The monoisotopic (exact) mass is 1220 g/mol. The summed E-state index contributed by atoms with van der Waals surface area (Å²) in [6.45, 7) is 9.92. The first-order valence-corrected chi connectivity index (χ1v) is 30.6. The molecule has 2 aliphatic carbocycles. The van der Waals surface area contributed by atoms with Gasteiger partial charge in [-0.05, 0) is 94.4 Å². The number of hydrogen-bond acceptors (Lipinski definition) is 24. The summed E-state index contributed by atoms with van der Waals surface area (Å²) in [7, 11) is 0. The van der Waals surface area contributed by atoms with Gasteiger partial charge in [0.25, 0.3) is 5.91 Å². The van der Waals surface area contributed by atoms with Gasteiger partial charge < -0.3 is 101 Å². The first-order chi connectivity index (χ1) is 42.0. The van der Waals surface area contributed by atoms with Crippen molar-refractivity contribution in [2.75, 3.05) is 72.1 Å². The van der Waals surface area contributed by atoms with Crippen LogP contribution in [0.5, 0.6) is 11.9 Å². The topological polar surface area (TPSA) is 387 Å². The molecule has 14 N–H and O–H groups in total. The van der Waals surface area contributed by atoms with Crippen LogP contribution in [0.25, 0.3) is 0 Å². The molecule has 4 heterocycles. The van der Waals surface area contributed by atoms with Crippen molar-refractivity contribution in [3.8, 4) is 11.9 Å². The third-order valence-corrected chi connectivity index (χ3v) is 16.7. The molecule has 8 rings (SSSR count). The summed E-state index contributed by atoms with van der Waals surface area (Å²) in [4.78, 5) is 65.5. The number of esters is 1. The van der Waals surface area contributed by atoms with Gasteiger partial charge in [0.15, 0.2) is 24.8 Å². The predicted octanol–water partition coefficient (Wildman–Crippen LogP) is -0.623. The number of hydrogen-bond donors (Lipinski definition) is 14. The van der Waals surface area contributed by atoms with Gasteiger partial charge >= 0.3 is 17.9 Å². The number of benzene rings is 2. The quantitative estimate of drug-likeness (QED) is 0.0440. The molecule has 27 heteroatoms. The van der Waals surface area contributed by atoms with Crippen LogP contribution >= 0.6 is 0 Å². The van der Waals surface area contributed by atoms with Crippen molar-refractivity contribution in [2.24, 2.45) is 11.8 Å². The predicted molar refractivity (Wildman–Crippen MR) is 311 cm³/mol. The Bertz CT molecular complexity index is 2580. The van der Waals surface area contributed by atoms with E-state index in [2.05, 4.69) is 71.0 Å². The third-order valence-electron chi connectivity index (χ3n) is 16.7. The van der Waals surface area contributed by atoms with E-state index in [1.165, 1.54) is 24.6 Å². The molecule has 3 aliphatic heterocycles. The Labute approximate surface area is 506 Å². The maximum absolute atomic E-state index is 14.6. The molecule has 14 unspecified atom stereocenters. The molecule has 2 amide bonds. The molecule has 5 aliphatic rings. The van der Waals surface area contributed by atoms with Crippen LogP contribution in [0.4, 0.5) is 0 Å². The minimum absolute atomic E-state index is 0.0423. The van der Waals surface area contributed by atoms with Gasteiger partial charge in [-0.15, -0.1) is 0 Å². The maximum atomic E-state index is 14.6. The molecule has 0 spiro atoms. The average molecular weight is 1220 g/mol. The van der Waals surface area contributed by atoms with E-state index in [4.69, 9.17) is 28.4 Å². The number of ether oxygens (including phenoxy) is 6. The smallest absolute Gasteiger partial charge is 0.338 e. The van der Waals surface area contributed by atoms with Crippen molar-refractivity contribution in [2.45, 2.75) is 170 Å². The molecule has 5 fully saturated rings. The van der Waals surface area contributed by atoms with Gasteiger partial charge in [0, 0.05) is 64.3 Å². The highest BCUT2D eigenvalue weighted by Crippen LogP contribution is 2.38. The van der Waals surface area contributed by atoms with Gasteiger partial charge in [-0.2, -0.15) is 9.97 Å². The lowest BCUT2D eigenvalue weighted by molar-refractivity contribution is -0.347. The third kappa shape index (κ3) is 19.7. The molecule has 482 valence electrons. The highest BCUT2D eigenvalue weighted by molar-refractivity contribution is 5.93. The van der Waals surface area contributed by atoms with Crippen LogP contribution in [-0.2, 0) is 51.1 Å². The lowest BCUT2D eigenvalue weighted by Gasteiger charge is -2.48. The summed E-state index contributed by atoms with van der Waals surface area (Å²) in [5.74, 6) is -5.71. The van der Waals surface area contributed by atoms with Crippen LogP contribution < -0.4 is 31.9 Å². The Hall–Kier alpha value is -5.60. The van der Waals surface area contributed by atoms with E-state index in [1.54, 1.807) is 18.2 Å². The Morgan fingerprint density at radius 3 is 2.16 bits per heavy atom. The normalized spacial score (nSPS) is 30.5. The SMILES string of the molecule is CC1OC(OC2C(NC(=O)c3cc(O)nc(O)n3)CC(C(=O)NCCNCc3ccc(CN4CCCNCCNCCCNCC4)cc3)CC2OC2OC(CO)C(O)C(O[C@@H](CC3CCCCC3)C(=O)O)C2OC(=O)c2ccccc2)C(O)C(O)C1O. The minimum Gasteiger partial charge on any atom is -0.493 e. The van der Waals surface area contributed by atoms with Gasteiger partial charge in [0.1, 0.15) is 48.4 Å². The summed E-state index contributed by atoms with van der Waals surface area (Å²) in [5.41, 5.74) is 1.75. The summed E-state index contributed by atoms with van der Waals surface area (Å²) in [6.07, 6.45) is -15.6. The lowest BCUT2D eigenvalue weighted by atomic mass is 9.80. The molecule has 3 saturated heterocycles. The number of amides is 2. The summed E-state index contributed by atoms with van der Waals surface area (Å²) in [6, 6.07) is 14.7. The number of aromatic hydroxyl groups is 2. The number of rotatable bonds is 22. The van der Waals surface area contributed by atoms with Crippen LogP contribution in [0.2, 0.25) is 0 Å². The standard InChI is InChI=1S/C60H89N9O18/c1-35-47(72)49(74)50(75)58(82-35)87-51-41(66-55(77)42-31-46(71)68-60(81)67-42)29-40(54(76)65-24-23-64-32-37-14-16-38(17-15-37)33-69-26-9-20-62-22-21-61-18-8-19-63-25-27-69)30-43(51)84-59-53(86-57(80)39-12-6-3-7-13-39)52(48(73)45(34-70)85-59)83-44(56(78)79)28-36-10-4-2-5-11-36/h3,6-7,12-17,31,35-36,40-41,43-45,47-53,58-59,61-64,70,72-75H,2,4-5,8-11,18-30,32-34H2,1H3,(H,65,76)(H,66,77)(H,78,79)(H2,67,68,71,81)/t35?,40?,41?,43?,44-,45?,47?,48?,49?,50?,51?,52?,53?,58?,59?/m0/s1. The van der Waals surface area contributed by atoms with E-state index in [0.717, 1.165) is 115 Å². The van der Waals surface area contributed by atoms with Crippen LogP contribution in [0.15, 0.2) is 60.7 Å². The molecule has 2 aromatic carbocycles. The molecule has 2 saturated carbocycles. The van der Waals surface area contributed by atoms with Crippen LogP contribution in [0, 0.1) is 11.8 Å². The number of aliphatic carboxylic acids is 1. The zero-order valence-electron chi connectivity index (χ0n) is 49.3. The van der Waals surface area contributed by atoms with Crippen molar-refractivity contribution in [3.63, 3.8) is 0 Å². The van der Waals surface area contributed by atoms with Crippen molar-refractivity contribution in [1.29, 1.82) is 0 Å². The summed E-state index contributed by atoms with van der Waals surface area (Å²) >= 11 is 0. The van der Waals surface area contributed by atoms with Gasteiger partial charge in [0.05, 0.1) is 30.4 Å². The fourth-order valence-corrected chi connectivity index (χ4v) is 11.9. The summed E-state index contributed by atoms with van der Waals surface area (Å²) < 4.78 is 37.8. The highest BCUT2D eigenvalue weighted by Gasteiger charge is 2.54. The largest absolute Gasteiger partial charge is 0.493 e. The molecule has 1 aromatic heterocycles. The second-order valence-corrected chi connectivity index (χ2v) is 23.3. The number of carbonyl (C=O) groups is 4. The number of aromatic nitrogens is 2. The number of nitrogens with one attached hydrogen (secondary N) is 6. The highest BCUT2D eigenvalue weighted by atomic mass is 16.7. The van der Waals surface area contributed by atoms with E-state index in [-0.39, 0.29) is 37.3 Å². The van der Waals surface area contributed by atoms with E-state index >= 15 is 0 Å². The first-order valence-electron chi connectivity index (χ1n) is 30.6. The molecular weight excluding hydrogens is 1130 g/mol. The Balaban J connectivity index is 1.03. The van der Waals surface area contributed by atoms with E-state index in [1.807, 2.05) is 0 Å². The summed E-state index contributed by atoms with van der Waals surface area (Å²) in [5, 5.41) is 106. The van der Waals surface area contributed by atoms with Crippen molar-refractivity contribution < 1.29 is 88.5 Å². The van der Waals surface area contributed by atoms with Crippen molar-refractivity contribution >= 4 is 23.8 Å². The molecule has 0 radical (unpaired) electrons. The van der Waals surface area contributed by atoms with Gasteiger partial charge in [0.2, 0.25) is 11.8 Å². The van der Waals surface area contributed by atoms with Gasteiger partial charge in [-0.3, -0.25) is 14.5 Å². The zero-order valence-corrected chi connectivity index (χ0v) is 49.3. The van der Waals surface area contributed by atoms with E-state index in [0.29, 0.717) is 13.1 Å². The Morgan fingerprint density at radius 1 is 0.736 bits per heavy atom. The second-order valence-electron chi connectivity index (χ2n) is 23.3. The molecule has 3 aromatic rings. The Kier molecular flexibility index (Phi) is 26.2. The number of aliphatic hydroxyl groups is 5. The minimum atomic E-state index is -1.91. The molecule has 15 atom stereocenters. The van der Waals surface area contributed by atoms with Crippen LogP contribution in [-0.4, -0.2) is 237 Å². The molecule has 87 heavy (non-hydrogen) atoms. The van der Waals surface area contributed by atoms with E-state index in [9.17, 15) is 60.0 Å². The van der Waals surface area contributed by atoms with Crippen LogP contribution in [0.3, 0.4) is 0 Å². The number of aliphatic hydroxyl groups excluding tert-OH is 5. The molecular formula is C60H89N9O18. The van der Waals surface area contributed by atoms with Crippen molar-refractivity contribution in [3.05, 3.63) is 83.0 Å². The van der Waals surface area contributed by atoms with Gasteiger partial charge in [-0.25, -0.2) is 9.59 Å². The van der Waals surface area contributed by atoms with Crippen LogP contribution in [0.1, 0.15) is 103 Å². The average Bonchev–Trinajstić information content (AvgIpc) is 1.14. The molecule has 27 nitrogen and oxygen atoms in total. The maximum Gasteiger partial charge on any atom is 0.338 e. The number of nitrogens with zero attached hydrogens (tertiary/aromatic N) is 3. The molecule has 0 bridgehead atoms. The van der Waals surface area contributed by atoms with Gasteiger partial charge in [-0.1, -0.05) is 74.6 Å². The number of carboxylic acid groups (broad SMARTS) is 1. The number of carboxylic acids is 1. The number of carbonyl (C=O) groups excluding carboxylic acids is 3. The first kappa shape index (κ1) is 67.3. The lowest BCUT2D eigenvalue weighted by Crippen LogP contribution is -2.65.